The molecule has 1 aliphatic heterocycles. The number of nitrogens with zero attached hydrogens (tertiary/aromatic N) is 2. The second kappa shape index (κ2) is 9.49. The molecule has 1 unspecified atom stereocenters. The number of aliphatic hydroxyl groups is 1. The fourth-order valence-corrected chi connectivity index (χ4v) is 4.18. The summed E-state index contributed by atoms with van der Waals surface area (Å²) in [6.07, 6.45) is 0. The highest BCUT2D eigenvalue weighted by Crippen LogP contribution is 2.44. The minimum Gasteiger partial charge on any atom is -0.507 e. The van der Waals surface area contributed by atoms with Crippen LogP contribution in [-0.4, -0.2) is 31.0 Å². The van der Waals surface area contributed by atoms with Gasteiger partial charge >= 0.3 is 0 Å². The van der Waals surface area contributed by atoms with Crippen LogP contribution in [0.2, 0.25) is 5.02 Å². The van der Waals surface area contributed by atoms with Crippen LogP contribution >= 0.6 is 11.6 Å². The number of amides is 1. The summed E-state index contributed by atoms with van der Waals surface area (Å²) in [5.74, 6) is -2.50. The summed E-state index contributed by atoms with van der Waals surface area (Å²) < 4.78 is 24.3. The number of rotatable bonds is 5. The third kappa shape index (κ3) is 4.18. The number of benzene rings is 3. The number of methoxy groups -OCH3 is 2. The summed E-state index contributed by atoms with van der Waals surface area (Å²) in [7, 11) is 2.75. The molecule has 1 fully saturated rings. The Hall–Kier alpha value is -4.35. The highest BCUT2D eigenvalue weighted by Gasteiger charge is 2.47. The van der Waals surface area contributed by atoms with Crippen LogP contribution in [0.1, 0.15) is 22.7 Å². The first kappa shape index (κ1) is 23.8. The predicted molar refractivity (Wildman–Crippen MR) is 127 cm³/mol. The zero-order valence-electron chi connectivity index (χ0n) is 18.6. The van der Waals surface area contributed by atoms with Crippen molar-refractivity contribution in [1.29, 1.82) is 5.26 Å². The average Bonchev–Trinajstić information content (AvgIpc) is 3.14. The summed E-state index contributed by atoms with van der Waals surface area (Å²) in [5, 5.41) is 20.7. The summed E-state index contributed by atoms with van der Waals surface area (Å²) in [5.41, 5.74) is 0.922. The molecule has 3 aromatic rings. The molecule has 9 heteroatoms. The standard InChI is InChI=1S/C26H18ClFN2O5/c1-34-20-12-19(27)21(35-2)11-18(20)24(31)22-23(15-5-7-16(28)8-6-15)30(26(33)25(22)32)17-9-3-14(13-29)4-10-17/h3-12,23,31H,1-2H3/b24-22+. The van der Waals surface area contributed by atoms with Gasteiger partial charge in [0.25, 0.3) is 11.7 Å². The highest BCUT2D eigenvalue weighted by molar-refractivity contribution is 6.51. The van der Waals surface area contributed by atoms with Crippen LogP contribution in [0.25, 0.3) is 5.76 Å². The molecule has 4 rings (SSSR count). The quantitative estimate of drug-likeness (QED) is 0.306. The first-order valence-corrected chi connectivity index (χ1v) is 10.7. The van der Waals surface area contributed by atoms with Gasteiger partial charge < -0.3 is 14.6 Å². The van der Waals surface area contributed by atoms with Gasteiger partial charge in [-0.1, -0.05) is 23.7 Å². The molecule has 0 aliphatic carbocycles. The van der Waals surface area contributed by atoms with Crippen molar-refractivity contribution in [3.05, 3.63) is 93.8 Å². The van der Waals surface area contributed by atoms with Crippen LogP contribution in [0, 0.1) is 17.1 Å². The summed E-state index contributed by atoms with van der Waals surface area (Å²) in [4.78, 5) is 27.7. The number of halogens is 2. The van der Waals surface area contributed by atoms with Crippen LogP contribution < -0.4 is 14.4 Å². The number of anilines is 1. The van der Waals surface area contributed by atoms with Crippen molar-refractivity contribution >= 4 is 34.7 Å². The zero-order chi connectivity index (χ0) is 25.3. The van der Waals surface area contributed by atoms with E-state index in [-0.39, 0.29) is 27.7 Å². The molecule has 176 valence electrons. The number of ketones is 1. The fourth-order valence-electron chi connectivity index (χ4n) is 3.95. The number of carbonyl (C=O) groups excluding carboxylic acids is 2. The second-order valence-corrected chi connectivity index (χ2v) is 7.97. The Morgan fingerprint density at radius 2 is 1.66 bits per heavy atom. The van der Waals surface area contributed by atoms with Crippen LogP contribution in [0.5, 0.6) is 11.5 Å². The smallest absolute Gasteiger partial charge is 0.300 e. The van der Waals surface area contributed by atoms with E-state index in [2.05, 4.69) is 0 Å². The largest absolute Gasteiger partial charge is 0.507 e. The number of aliphatic hydroxyl groups excluding tert-OH is 1. The SMILES string of the molecule is COc1cc(/C(O)=C2\C(=O)C(=O)N(c3ccc(C#N)cc3)C2c2ccc(F)cc2)c(OC)cc1Cl. The third-order valence-corrected chi connectivity index (χ3v) is 5.93. The molecule has 35 heavy (non-hydrogen) atoms. The maximum atomic E-state index is 13.7. The van der Waals surface area contributed by atoms with Crippen molar-refractivity contribution in [2.75, 3.05) is 19.1 Å². The molecule has 0 radical (unpaired) electrons. The van der Waals surface area contributed by atoms with Gasteiger partial charge in [0.2, 0.25) is 0 Å². The van der Waals surface area contributed by atoms with E-state index in [1.165, 1.54) is 79.8 Å². The lowest BCUT2D eigenvalue weighted by Crippen LogP contribution is -2.29. The average molecular weight is 493 g/mol. The Balaban J connectivity index is 1.98. The first-order chi connectivity index (χ1) is 16.8. The van der Waals surface area contributed by atoms with Gasteiger partial charge in [0.1, 0.15) is 23.1 Å². The lowest BCUT2D eigenvalue weighted by atomic mass is 9.94. The molecule has 0 saturated carbocycles. The molecule has 1 aliphatic rings. The lowest BCUT2D eigenvalue weighted by Gasteiger charge is -2.25. The van der Waals surface area contributed by atoms with Crippen molar-refractivity contribution in [3.63, 3.8) is 0 Å². The molecule has 7 nitrogen and oxygen atoms in total. The number of carbonyl (C=O) groups is 2. The molecule has 3 aromatic carbocycles. The van der Waals surface area contributed by atoms with E-state index in [9.17, 15) is 19.1 Å². The maximum absolute atomic E-state index is 13.7. The third-order valence-electron chi connectivity index (χ3n) is 5.63. The van der Waals surface area contributed by atoms with Crippen LogP contribution in [-0.2, 0) is 9.59 Å². The van der Waals surface area contributed by atoms with Gasteiger partial charge in [0, 0.05) is 11.8 Å². The molecular formula is C26H18ClFN2O5. The van der Waals surface area contributed by atoms with E-state index in [0.717, 1.165) is 0 Å². The topological polar surface area (TPSA) is 99.9 Å². The number of hydrogen-bond donors (Lipinski definition) is 1. The molecule has 0 bridgehead atoms. The van der Waals surface area contributed by atoms with Crippen molar-refractivity contribution in [2.45, 2.75) is 6.04 Å². The van der Waals surface area contributed by atoms with Gasteiger partial charge in [-0.2, -0.15) is 5.26 Å². The lowest BCUT2D eigenvalue weighted by molar-refractivity contribution is -0.132. The Morgan fingerprint density at radius 3 is 2.23 bits per heavy atom. The van der Waals surface area contributed by atoms with E-state index in [4.69, 9.17) is 26.3 Å². The Kier molecular flexibility index (Phi) is 6.45. The molecule has 1 heterocycles. The van der Waals surface area contributed by atoms with E-state index < -0.39 is 29.3 Å². The van der Waals surface area contributed by atoms with E-state index in [1.807, 2.05) is 6.07 Å². The number of ether oxygens (including phenoxy) is 2. The van der Waals surface area contributed by atoms with Gasteiger partial charge in [-0.15, -0.1) is 0 Å². The molecule has 0 spiro atoms. The number of nitriles is 1. The summed E-state index contributed by atoms with van der Waals surface area (Å²) in [6, 6.07) is 15.0. The normalized spacial score (nSPS) is 16.8. The van der Waals surface area contributed by atoms with Gasteiger partial charge in [-0.3, -0.25) is 14.5 Å². The van der Waals surface area contributed by atoms with E-state index >= 15 is 0 Å². The summed E-state index contributed by atoms with van der Waals surface area (Å²) in [6.45, 7) is 0. The second-order valence-electron chi connectivity index (χ2n) is 7.57. The molecule has 1 atom stereocenters. The van der Waals surface area contributed by atoms with Crippen molar-refractivity contribution in [3.8, 4) is 17.6 Å². The predicted octanol–water partition coefficient (Wildman–Crippen LogP) is 4.99. The van der Waals surface area contributed by atoms with Crippen LogP contribution in [0.15, 0.2) is 66.2 Å². The van der Waals surface area contributed by atoms with Crippen molar-refractivity contribution < 1.29 is 28.6 Å². The van der Waals surface area contributed by atoms with Crippen LogP contribution in [0.4, 0.5) is 10.1 Å². The fraction of sp³-hybridized carbons (Fsp3) is 0.115. The zero-order valence-corrected chi connectivity index (χ0v) is 19.3. The van der Waals surface area contributed by atoms with Crippen LogP contribution in [0.3, 0.4) is 0 Å². The van der Waals surface area contributed by atoms with Gasteiger partial charge in [-0.25, -0.2) is 4.39 Å². The van der Waals surface area contributed by atoms with Gasteiger partial charge in [0.15, 0.2) is 0 Å². The number of hydrogen-bond acceptors (Lipinski definition) is 6. The molecule has 1 amide bonds. The Morgan fingerprint density at radius 1 is 1.03 bits per heavy atom. The van der Waals surface area contributed by atoms with E-state index in [1.54, 1.807) is 0 Å². The minimum absolute atomic E-state index is 0.0821. The molecule has 1 saturated heterocycles. The monoisotopic (exact) mass is 492 g/mol. The van der Waals surface area contributed by atoms with Gasteiger partial charge in [-0.05, 0) is 48.0 Å². The Labute approximate surface area is 205 Å². The molecular weight excluding hydrogens is 475 g/mol. The highest BCUT2D eigenvalue weighted by atomic mass is 35.5. The maximum Gasteiger partial charge on any atom is 0.300 e. The Bertz CT molecular complexity index is 1390. The van der Waals surface area contributed by atoms with E-state index in [0.29, 0.717) is 16.8 Å². The van der Waals surface area contributed by atoms with Crippen molar-refractivity contribution in [2.24, 2.45) is 0 Å². The molecule has 1 N–H and O–H groups in total. The minimum atomic E-state index is -1.09. The van der Waals surface area contributed by atoms with Crippen molar-refractivity contribution in [1.82, 2.24) is 0 Å². The van der Waals surface area contributed by atoms with Gasteiger partial charge in [0.05, 0.1) is 48.1 Å². The number of Topliss-reactive ketones (excluding diaryl/α,β-unsaturated/α-hetero) is 1. The first-order valence-electron chi connectivity index (χ1n) is 10.3. The summed E-state index contributed by atoms with van der Waals surface area (Å²) >= 11 is 6.17. The molecule has 0 aromatic heterocycles.